The molecule has 0 radical (unpaired) electrons. The first-order valence-electron chi connectivity index (χ1n) is 7.06. The zero-order valence-corrected chi connectivity index (χ0v) is 12.5. The van der Waals surface area contributed by atoms with Gasteiger partial charge in [-0.15, -0.1) is 0 Å². The standard InChI is InChI=1S/C16H20N2O3/c1-15(2)20-10-16(3,21-15)18-9-14(19)12-5-4-11-6-7-17-13(11)8-12/h4-8,17-18H,9-10H2,1-3H3. The van der Waals surface area contributed by atoms with Crippen LogP contribution < -0.4 is 5.32 Å². The number of carbonyl (C=O) groups excluding carboxylic acids is 1. The number of nitrogens with one attached hydrogen (secondary N) is 2. The highest BCUT2D eigenvalue weighted by Crippen LogP contribution is 2.28. The average Bonchev–Trinajstić information content (AvgIpc) is 3.00. The number of aromatic nitrogens is 1. The Morgan fingerprint density at radius 1 is 1.33 bits per heavy atom. The maximum Gasteiger partial charge on any atom is 0.176 e. The van der Waals surface area contributed by atoms with Crippen LogP contribution in [0.15, 0.2) is 30.5 Å². The van der Waals surface area contributed by atoms with E-state index in [1.54, 1.807) is 0 Å². The molecule has 3 rings (SSSR count). The van der Waals surface area contributed by atoms with Gasteiger partial charge in [0.25, 0.3) is 0 Å². The Labute approximate surface area is 123 Å². The first-order valence-corrected chi connectivity index (χ1v) is 7.06. The third-order valence-electron chi connectivity index (χ3n) is 3.67. The number of aromatic amines is 1. The number of H-pyrrole nitrogens is 1. The molecule has 0 bridgehead atoms. The number of hydrogen-bond donors (Lipinski definition) is 2. The molecule has 0 aliphatic carbocycles. The van der Waals surface area contributed by atoms with E-state index in [9.17, 15) is 4.79 Å². The SMILES string of the molecule is CC1(NCC(=O)c2ccc3cc[nH]c3c2)COC(C)(C)O1. The van der Waals surface area contributed by atoms with E-state index in [4.69, 9.17) is 9.47 Å². The number of ether oxygens (including phenoxy) is 2. The van der Waals surface area contributed by atoms with Crippen molar-refractivity contribution < 1.29 is 14.3 Å². The minimum absolute atomic E-state index is 0.0287. The molecule has 2 N–H and O–H groups in total. The van der Waals surface area contributed by atoms with Crippen molar-refractivity contribution in [2.24, 2.45) is 0 Å². The van der Waals surface area contributed by atoms with Gasteiger partial charge in [0.05, 0.1) is 13.2 Å². The summed E-state index contributed by atoms with van der Waals surface area (Å²) in [5, 5.41) is 4.24. The summed E-state index contributed by atoms with van der Waals surface area (Å²) < 4.78 is 11.3. The number of carbonyl (C=O) groups is 1. The van der Waals surface area contributed by atoms with Gasteiger partial charge in [-0.2, -0.15) is 0 Å². The third kappa shape index (κ3) is 3.00. The lowest BCUT2D eigenvalue weighted by Crippen LogP contribution is -2.47. The predicted octanol–water partition coefficient (Wildman–Crippen LogP) is 2.44. The highest BCUT2D eigenvalue weighted by molar-refractivity contribution is 6.00. The first kappa shape index (κ1) is 14.3. The van der Waals surface area contributed by atoms with Gasteiger partial charge in [0.15, 0.2) is 11.6 Å². The molecule has 1 saturated heterocycles. The summed E-state index contributed by atoms with van der Waals surface area (Å²) in [7, 11) is 0. The van der Waals surface area contributed by atoms with Gasteiger partial charge in [-0.1, -0.05) is 12.1 Å². The molecule has 1 unspecified atom stereocenters. The van der Waals surface area contributed by atoms with Crippen molar-refractivity contribution in [3.63, 3.8) is 0 Å². The Kier molecular flexibility index (Phi) is 3.36. The van der Waals surface area contributed by atoms with Crippen LogP contribution in [0.4, 0.5) is 0 Å². The molecule has 0 spiro atoms. The Balaban J connectivity index is 1.66. The summed E-state index contributed by atoms with van der Waals surface area (Å²) in [5.74, 6) is -0.588. The van der Waals surface area contributed by atoms with Crippen molar-refractivity contribution >= 4 is 16.7 Å². The van der Waals surface area contributed by atoms with E-state index < -0.39 is 11.5 Å². The number of fused-ring (bicyclic) bond motifs is 1. The molecule has 1 aliphatic heterocycles. The van der Waals surface area contributed by atoms with E-state index >= 15 is 0 Å². The molecule has 1 aliphatic rings. The number of rotatable bonds is 4. The number of hydrogen-bond acceptors (Lipinski definition) is 4. The molecular weight excluding hydrogens is 268 g/mol. The van der Waals surface area contributed by atoms with Gasteiger partial charge >= 0.3 is 0 Å². The van der Waals surface area contributed by atoms with Gasteiger partial charge in [0.2, 0.25) is 0 Å². The van der Waals surface area contributed by atoms with Crippen LogP contribution in [0.1, 0.15) is 31.1 Å². The fourth-order valence-corrected chi connectivity index (χ4v) is 2.59. The van der Waals surface area contributed by atoms with Gasteiger partial charge in [0, 0.05) is 17.3 Å². The highest BCUT2D eigenvalue weighted by atomic mass is 16.8. The molecule has 0 saturated carbocycles. The van der Waals surface area contributed by atoms with Crippen molar-refractivity contribution in [2.75, 3.05) is 13.2 Å². The summed E-state index contributed by atoms with van der Waals surface area (Å²) in [6.45, 7) is 6.25. The summed E-state index contributed by atoms with van der Waals surface area (Å²) in [6, 6.07) is 7.64. The van der Waals surface area contributed by atoms with E-state index in [2.05, 4.69) is 10.3 Å². The second-order valence-corrected chi connectivity index (χ2v) is 6.08. The molecular formula is C16H20N2O3. The highest BCUT2D eigenvalue weighted by Gasteiger charge is 2.41. The van der Waals surface area contributed by atoms with Crippen LogP contribution in [0.25, 0.3) is 10.9 Å². The molecule has 0 amide bonds. The van der Waals surface area contributed by atoms with E-state index in [0.717, 1.165) is 10.9 Å². The molecule has 1 atom stereocenters. The fourth-order valence-electron chi connectivity index (χ4n) is 2.59. The van der Waals surface area contributed by atoms with Crippen LogP contribution >= 0.6 is 0 Å². The molecule has 5 heteroatoms. The summed E-state index contributed by atoms with van der Waals surface area (Å²) >= 11 is 0. The smallest absolute Gasteiger partial charge is 0.176 e. The quantitative estimate of drug-likeness (QED) is 0.848. The minimum atomic E-state index is -0.629. The number of ketones is 1. The van der Waals surface area contributed by atoms with Crippen LogP contribution in [0.3, 0.4) is 0 Å². The van der Waals surface area contributed by atoms with Crippen LogP contribution in [0, 0.1) is 0 Å². The topological polar surface area (TPSA) is 63.4 Å². The van der Waals surface area contributed by atoms with E-state index in [1.165, 1.54) is 0 Å². The zero-order valence-electron chi connectivity index (χ0n) is 12.5. The van der Waals surface area contributed by atoms with Crippen molar-refractivity contribution in [1.29, 1.82) is 0 Å². The summed E-state index contributed by atoms with van der Waals surface area (Å²) in [5.41, 5.74) is 1.02. The summed E-state index contributed by atoms with van der Waals surface area (Å²) in [4.78, 5) is 15.4. The van der Waals surface area contributed by atoms with Gasteiger partial charge < -0.3 is 14.5 Å². The van der Waals surface area contributed by atoms with Gasteiger partial charge in [-0.25, -0.2) is 0 Å². The van der Waals surface area contributed by atoms with Crippen molar-refractivity contribution in [3.05, 3.63) is 36.0 Å². The molecule has 1 aromatic carbocycles. The van der Waals surface area contributed by atoms with E-state index in [-0.39, 0.29) is 12.3 Å². The third-order valence-corrected chi connectivity index (χ3v) is 3.67. The lowest BCUT2D eigenvalue weighted by atomic mass is 10.1. The Bertz CT molecular complexity index is 677. The van der Waals surface area contributed by atoms with Crippen molar-refractivity contribution in [1.82, 2.24) is 10.3 Å². The lowest BCUT2D eigenvalue weighted by molar-refractivity contribution is -0.163. The van der Waals surface area contributed by atoms with Crippen LogP contribution in [0.5, 0.6) is 0 Å². The second-order valence-electron chi connectivity index (χ2n) is 6.08. The average molecular weight is 288 g/mol. The van der Waals surface area contributed by atoms with Crippen LogP contribution in [-0.2, 0) is 9.47 Å². The monoisotopic (exact) mass is 288 g/mol. The maximum absolute atomic E-state index is 12.3. The van der Waals surface area contributed by atoms with E-state index in [1.807, 2.05) is 51.2 Å². The van der Waals surface area contributed by atoms with Crippen LogP contribution in [-0.4, -0.2) is 35.4 Å². The van der Waals surface area contributed by atoms with Crippen molar-refractivity contribution in [2.45, 2.75) is 32.3 Å². The molecule has 1 fully saturated rings. The van der Waals surface area contributed by atoms with Gasteiger partial charge in [-0.3, -0.25) is 10.1 Å². The number of benzene rings is 1. The molecule has 1 aromatic heterocycles. The van der Waals surface area contributed by atoms with Gasteiger partial charge in [-0.05, 0) is 38.3 Å². The first-order chi connectivity index (χ1) is 9.87. The Morgan fingerprint density at radius 2 is 2.14 bits per heavy atom. The zero-order chi connectivity index (χ0) is 15.1. The molecule has 112 valence electrons. The normalized spacial score (nSPS) is 24.5. The molecule has 5 nitrogen and oxygen atoms in total. The van der Waals surface area contributed by atoms with E-state index in [0.29, 0.717) is 12.2 Å². The Morgan fingerprint density at radius 3 is 2.86 bits per heavy atom. The van der Waals surface area contributed by atoms with Crippen LogP contribution in [0.2, 0.25) is 0 Å². The predicted molar refractivity (Wildman–Crippen MR) is 80.2 cm³/mol. The van der Waals surface area contributed by atoms with Gasteiger partial charge in [0.1, 0.15) is 5.72 Å². The molecule has 2 heterocycles. The summed E-state index contributed by atoms with van der Waals surface area (Å²) in [6.07, 6.45) is 1.87. The molecule has 21 heavy (non-hydrogen) atoms. The maximum atomic E-state index is 12.3. The Hall–Kier alpha value is -1.69. The lowest BCUT2D eigenvalue weighted by Gasteiger charge is -2.25. The van der Waals surface area contributed by atoms with Crippen molar-refractivity contribution in [3.8, 4) is 0 Å². The fraction of sp³-hybridized carbons (Fsp3) is 0.438. The number of Topliss-reactive ketones (excluding diaryl/α,β-unsaturated/α-hetero) is 1. The largest absolute Gasteiger partial charge is 0.361 e. The minimum Gasteiger partial charge on any atom is -0.361 e. The molecule has 2 aromatic rings. The second kappa shape index (κ2) is 4.94.